The Kier molecular flexibility index (Phi) is 7.03. The zero-order valence-corrected chi connectivity index (χ0v) is 18.3. The fraction of sp³-hybridized carbons (Fsp3) is 0.0741. The molecule has 3 aromatic carbocycles. The number of benzene rings is 3. The van der Waals surface area contributed by atoms with Gasteiger partial charge in [-0.3, -0.25) is 4.79 Å². The fourth-order valence-electron chi connectivity index (χ4n) is 3.27. The van der Waals surface area contributed by atoms with Crippen LogP contribution >= 0.6 is 0 Å². The molecule has 170 valence electrons. The molecule has 4 rings (SSSR count). The first-order chi connectivity index (χ1) is 16.5. The van der Waals surface area contributed by atoms with Crippen molar-refractivity contribution in [1.82, 2.24) is 9.97 Å². The summed E-state index contributed by atoms with van der Waals surface area (Å²) >= 11 is 0. The summed E-state index contributed by atoms with van der Waals surface area (Å²) < 4.78 is 31.9. The lowest BCUT2D eigenvalue weighted by atomic mass is 10.1. The molecule has 0 aliphatic rings. The SMILES string of the molecule is COc1ccc(-c2cnc(NC(=O)Cc3ccc(F)c(F)c3)c(/C=C/c3ccccc3)n2)cc1. The smallest absolute Gasteiger partial charge is 0.230 e. The molecule has 34 heavy (non-hydrogen) atoms. The number of nitrogens with zero attached hydrogens (tertiary/aromatic N) is 2. The van der Waals surface area contributed by atoms with Gasteiger partial charge in [0.2, 0.25) is 5.91 Å². The molecule has 1 aromatic heterocycles. The molecule has 0 atom stereocenters. The molecule has 0 aliphatic carbocycles. The van der Waals surface area contributed by atoms with Crippen LogP contribution in [0.3, 0.4) is 0 Å². The van der Waals surface area contributed by atoms with Crippen LogP contribution in [-0.4, -0.2) is 23.0 Å². The van der Waals surface area contributed by atoms with Crippen LogP contribution in [0.5, 0.6) is 5.75 Å². The van der Waals surface area contributed by atoms with Gasteiger partial charge in [0, 0.05) is 5.56 Å². The molecule has 0 bridgehead atoms. The Morgan fingerprint density at radius 1 is 0.971 bits per heavy atom. The van der Waals surface area contributed by atoms with E-state index >= 15 is 0 Å². The van der Waals surface area contributed by atoms with E-state index in [9.17, 15) is 13.6 Å². The van der Waals surface area contributed by atoms with Gasteiger partial charge in [-0.2, -0.15) is 0 Å². The molecule has 5 nitrogen and oxygen atoms in total. The van der Waals surface area contributed by atoms with Crippen LogP contribution in [0, 0.1) is 11.6 Å². The number of methoxy groups -OCH3 is 1. The van der Waals surface area contributed by atoms with Gasteiger partial charge in [0.05, 0.1) is 25.4 Å². The van der Waals surface area contributed by atoms with E-state index < -0.39 is 17.5 Å². The molecule has 1 N–H and O–H groups in total. The quantitative estimate of drug-likeness (QED) is 0.382. The van der Waals surface area contributed by atoms with Crippen molar-refractivity contribution in [1.29, 1.82) is 0 Å². The predicted molar refractivity (Wildman–Crippen MR) is 128 cm³/mol. The first-order valence-electron chi connectivity index (χ1n) is 10.5. The highest BCUT2D eigenvalue weighted by Gasteiger charge is 2.13. The van der Waals surface area contributed by atoms with E-state index in [0.717, 1.165) is 29.0 Å². The van der Waals surface area contributed by atoms with Gasteiger partial charge in [0.25, 0.3) is 0 Å². The van der Waals surface area contributed by atoms with Crippen molar-refractivity contribution in [3.63, 3.8) is 0 Å². The van der Waals surface area contributed by atoms with Crippen molar-refractivity contribution in [3.05, 3.63) is 107 Å². The molecule has 1 amide bonds. The van der Waals surface area contributed by atoms with Crippen LogP contribution in [0.2, 0.25) is 0 Å². The topological polar surface area (TPSA) is 64.1 Å². The molecule has 0 saturated carbocycles. The van der Waals surface area contributed by atoms with Gasteiger partial charge < -0.3 is 10.1 Å². The number of anilines is 1. The third-order valence-electron chi connectivity index (χ3n) is 5.02. The maximum Gasteiger partial charge on any atom is 0.230 e. The van der Waals surface area contributed by atoms with E-state index in [4.69, 9.17) is 4.74 Å². The largest absolute Gasteiger partial charge is 0.497 e. The summed E-state index contributed by atoms with van der Waals surface area (Å²) in [5.41, 5.74) is 3.21. The van der Waals surface area contributed by atoms with E-state index in [2.05, 4.69) is 15.3 Å². The van der Waals surface area contributed by atoms with Gasteiger partial charge >= 0.3 is 0 Å². The molecular weight excluding hydrogens is 436 g/mol. The molecule has 0 unspecified atom stereocenters. The minimum atomic E-state index is -1.000. The number of nitrogens with one attached hydrogen (secondary N) is 1. The molecule has 0 fully saturated rings. The van der Waals surface area contributed by atoms with Crippen molar-refractivity contribution in [2.24, 2.45) is 0 Å². The highest BCUT2D eigenvalue weighted by atomic mass is 19.2. The van der Waals surface area contributed by atoms with Crippen molar-refractivity contribution < 1.29 is 18.3 Å². The van der Waals surface area contributed by atoms with E-state index in [-0.39, 0.29) is 12.2 Å². The van der Waals surface area contributed by atoms with E-state index in [1.165, 1.54) is 6.07 Å². The summed E-state index contributed by atoms with van der Waals surface area (Å²) in [6.07, 6.45) is 5.06. The van der Waals surface area contributed by atoms with Crippen molar-refractivity contribution in [2.75, 3.05) is 12.4 Å². The van der Waals surface area contributed by atoms with Crippen LogP contribution < -0.4 is 10.1 Å². The molecular formula is C27H21F2N3O2. The Morgan fingerprint density at radius 2 is 1.74 bits per heavy atom. The second-order valence-electron chi connectivity index (χ2n) is 7.44. The lowest BCUT2D eigenvalue weighted by Gasteiger charge is -2.10. The zero-order chi connectivity index (χ0) is 23.9. The predicted octanol–water partition coefficient (Wildman–Crippen LogP) is 5.78. The summed E-state index contributed by atoms with van der Waals surface area (Å²) in [4.78, 5) is 21.7. The fourth-order valence-corrected chi connectivity index (χ4v) is 3.27. The van der Waals surface area contributed by atoms with Gasteiger partial charge in [-0.25, -0.2) is 18.7 Å². The standard InChI is InChI=1S/C27H21F2N3O2/c1-34-21-11-9-20(10-12-21)25-17-30-27(24(31-25)14-8-18-5-3-2-4-6-18)32-26(33)16-19-7-13-22(28)23(29)15-19/h2-15,17H,16H2,1H3,(H,30,32,33)/b14-8+. The van der Waals surface area contributed by atoms with Gasteiger partial charge in [0.1, 0.15) is 11.4 Å². The minimum Gasteiger partial charge on any atom is -0.497 e. The number of rotatable bonds is 7. The Labute approximate surface area is 195 Å². The summed E-state index contributed by atoms with van der Waals surface area (Å²) in [6.45, 7) is 0. The first-order valence-corrected chi connectivity index (χ1v) is 10.5. The minimum absolute atomic E-state index is 0.138. The number of carbonyl (C=O) groups excluding carboxylic acids is 1. The van der Waals surface area contributed by atoms with Gasteiger partial charge in [-0.15, -0.1) is 0 Å². The molecule has 1 heterocycles. The highest BCUT2D eigenvalue weighted by molar-refractivity contribution is 5.93. The van der Waals surface area contributed by atoms with Crippen molar-refractivity contribution in [2.45, 2.75) is 6.42 Å². The van der Waals surface area contributed by atoms with Gasteiger partial charge in [-0.1, -0.05) is 42.5 Å². The second-order valence-corrected chi connectivity index (χ2v) is 7.44. The van der Waals surface area contributed by atoms with Crippen molar-refractivity contribution in [3.8, 4) is 17.0 Å². The lowest BCUT2D eigenvalue weighted by Crippen LogP contribution is -2.17. The molecule has 0 radical (unpaired) electrons. The summed E-state index contributed by atoms with van der Waals surface area (Å²) in [5, 5.41) is 2.73. The van der Waals surface area contributed by atoms with Crippen LogP contribution in [0.15, 0.2) is 79.0 Å². The third kappa shape index (κ3) is 5.69. The van der Waals surface area contributed by atoms with Crippen LogP contribution in [0.1, 0.15) is 16.8 Å². The summed E-state index contributed by atoms with van der Waals surface area (Å²) in [7, 11) is 1.60. The van der Waals surface area contributed by atoms with Gasteiger partial charge in [0.15, 0.2) is 17.5 Å². The second kappa shape index (κ2) is 10.5. The Balaban J connectivity index is 1.62. The average molecular weight is 457 g/mol. The Hall–Kier alpha value is -4.39. The van der Waals surface area contributed by atoms with E-state index in [0.29, 0.717) is 17.0 Å². The number of ether oxygens (including phenoxy) is 1. The maximum absolute atomic E-state index is 13.5. The van der Waals surface area contributed by atoms with E-state index in [1.54, 1.807) is 19.4 Å². The first kappa shape index (κ1) is 22.8. The maximum atomic E-state index is 13.5. The zero-order valence-electron chi connectivity index (χ0n) is 18.3. The molecule has 0 aliphatic heterocycles. The van der Waals surface area contributed by atoms with E-state index in [1.807, 2.05) is 60.7 Å². The molecule has 0 saturated heterocycles. The molecule has 7 heteroatoms. The third-order valence-corrected chi connectivity index (χ3v) is 5.02. The highest BCUT2D eigenvalue weighted by Crippen LogP contribution is 2.24. The number of amides is 1. The average Bonchev–Trinajstić information content (AvgIpc) is 2.86. The Bertz CT molecular complexity index is 1320. The van der Waals surface area contributed by atoms with Crippen LogP contribution in [0.25, 0.3) is 23.4 Å². The van der Waals surface area contributed by atoms with Crippen LogP contribution in [0.4, 0.5) is 14.6 Å². The summed E-state index contributed by atoms with van der Waals surface area (Å²) in [5.74, 6) is -1.40. The lowest BCUT2D eigenvalue weighted by molar-refractivity contribution is -0.115. The van der Waals surface area contributed by atoms with Gasteiger partial charge in [-0.05, 0) is 53.6 Å². The summed E-state index contributed by atoms with van der Waals surface area (Å²) in [6, 6.07) is 20.4. The molecule has 0 spiro atoms. The normalized spacial score (nSPS) is 10.9. The number of hydrogen-bond donors (Lipinski definition) is 1. The monoisotopic (exact) mass is 457 g/mol. The number of hydrogen-bond acceptors (Lipinski definition) is 4. The number of halogens is 2. The van der Waals surface area contributed by atoms with Crippen LogP contribution in [-0.2, 0) is 11.2 Å². The molecule has 4 aromatic rings. The number of carbonyl (C=O) groups is 1. The van der Waals surface area contributed by atoms with Crippen molar-refractivity contribution >= 4 is 23.9 Å². The number of aromatic nitrogens is 2. The Morgan fingerprint density at radius 3 is 2.44 bits per heavy atom.